The van der Waals surface area contributed by atoms with Crippen molar-refractivity contribution < 1.29 is 0 Å². The minimum Gasteiger partial charge on any atom is -0.370 e. The number of unbranched alkanes of at least 4 members (excludes halogenated alkanes) is 1. The molecule has 1 aliphatic rings. The highest BCUT2D eigenvalue weighted by Gasteiger charge is 2.26. The van der Waals surface area contributed by atoms with E-state index in [0.717, 1.165) is 38.1 Å². The van der Waals surface area contributed by atoms with E-state index in [4.69, 9.17) is 0 Å². The second-order valence-electron chi connectivity index (χ2n) is 4.07. The number of aromatic nitrogens is 2. The standard InChI is InChI=1S/C11H17N3O/c1-2-3-6-12-9-7-10(15)14-11(13-9)8-4-5-8/h7-8H,2-6H2,1H3,(H2,12,13,14,15). The van der Waals surface area contributed by atoms with Crippen molar-refractivity contribution in [2.24, 2.45) is 0 Å². The van der Waals surface area contributed by atoms with Gasteiger partial charge in [-0.15, -0.1) is 0 Å². The Labute approximate surface area is 89.1 Å². The second kappa shape index (κ2) is 4.47. The molecule has 4 nitrogen and oxygen atoms in total. The van der Waals surface area contributed by atoms with Crippen LogP contribution >= 0.6 is 0 Å². The molecule has 0 spiro atoms. The molecular formula is C11H17N3O. The van der Waals surface area contributed by atoms with Crippen LogP contribution in [0.4, 0.5) is 5.82 Å². The molecule has 82 valence electrons. The molecule has 1 aromatic heterocycles. The Kier molecular flexibility index (Phi) is 3.04. The van der Waals surface area contributed by atoms with Crippen LogP contribution < -0.4 is 10.9 Å². The van der Waals surface area contributed by atoms with Crippen LogP contribution in [-0.4, -0.2) is 16.5 Å². The maximum Gasteiger partial charge on any atom is 0.252 e. The molecule has 0 aliphatic heterocycles. The van der Waals surface area contributed by atoms with E-state index in [1.807, 2.05) is 0 Å². The van der Waals surface area contributed by atoms with Crippen molar-refractivity contribution in [2.45, 2.75) is 38.5 Å². The predicted octanol–water partition coefficient (Wildman–Crippen LogP) is 1.86. The van der Waals surface area contributed by atoms with Gasteiger partial charge in [0.25, 0.3) is 5.56 Å². The van der Waals surface area contributed by atoms with Gasteiger partial charge in [0.05, 0.1) is 0 Å². The maximum absolute atomic E-state index is 11.3. The third-order valence-electron chi connectivity index (χ3n) is 2.56. The fourth-order valence-electron chi connectivity index (χ4n) is 1.51. The first-order valence-corrected chi connectivity index (χ1v) is 5.64. The fourth-order valence-corrected chi connectivity index (χ4v) is 1.51. The quantitative estimate of drug-likeness (QED) is 0.724. The first kappa shape index (κ1) is 10.2. The molecule has 0 saturated heterocycles. The zero-order valence-electron chi connectivity index (χ0n) is 9.05. The molecule has 0 atom stereocenters. The van der Waals surface area contributed by atoms with Gasteiger partial charge in [0.1, 0.15) is 11.6 Å². The van der Waals surface area contributed by atoms with Crippen LogP contribution in [0.1, 0.15) is 44.3 Å². The van der Waals surface area contributed by atoms with Gasteiger partial charge in [-0.2, -0.15) is 0 Å². The number of rotatable bonds is 5. The lowest BCUT2D eigenvalue weighted by molar-refractivity contribution is 0.824. The van der Waals surface area contributed by atoms with Gasteiger partial charge >= 0.3 is 0 Å². The van der Waals surface area contributed by atoms with E-state index in [9.17, 15) is 4.79 Å². The molecule has 15 heavy (non-hydrogen) atoms. The third kappa shape index (κ3) is 2.81. The van der Waals surface area contributed by atoms with E-state index >= 15 is 0 Å². The van der Waals surface area contributed by atoms with Crippen molar-refractivity contribution in [3.8, 4) is 0 Å². The van der Waals surface area contributed by atoms with Crippen LogP contribution in [0.25, 0.3) is 0 Å². The Balaban J connectivity index is 2.06. The normalized spacial score (nSPS) is 15.3. The molecule has 0 aromatic carbocycles. The Hall–Kier alpha value is -1.32. The number of hydrogen-bond donors (Lipinski definition) is 2. The predicted molar refractivity (Wildman–Crippen MR) is 60.2 cm³/mol. The van der Waals surface area contributed by atoms with E-state index in [-0.39, 0.29) is 5.56 Å². The number of nitrogens with one attached hydrogen (secondary N) is 2. The molecule has 0 amide bonds. The summed E-state index contributed by atoms with van der Waals surface area (Å²) in [6.07, 6.45) is 4.56. The SMILES string of the molecule is CCCCNc1cc(=O)[nH]c(C2CC2)n1. The van der Waals surface area contributed by atoms with E-state index in [2.05, 4.69) is 22.2 Å². The van der Waals surface area contributed by atoms with Crippen molar-refractivity contribution in [3.63, 3.8) is 0 Å². The van der Waals surface area contributed by atoms with E-state index in [0.29, 0.717) is 11.7 Å². The molecule has 1 fully saturated rings. The van der Waals surface area contributed by atoms with Crippen LogP contribution in [-0.2, 0) is 0 Å². The first-order chi connectivity index (χ1) is 7.29. The van der Waals surface area contributed by atoms with Gasteiger partial charge in [0, 0.05) is 18.5 Å². The molecule has 1 saturated carbocycles. The smallest absolute Gasteiger partial charge is 0.252 e. The van der Waals surface area contributed by atoms with E-state index in [1.165, 1.54) is 6.07 Å². The van der Waals surface area contributed by atoms with E-state index in [1.54, 1.807) is 0 Å². The maximum atomic E-state index is 11.3. The van der Waals surface area contributed by atoms with Crippen molar-refractivity contribution in [1.82, 2.24) is 9.97 Å². The Morgan fingerprint density at radius 2 is 2.40 bits per heavy atom. The number of anilines is 1. The number of hydrogen-bond acceptors (Lipinski definition) is 3. The van der Waals surface area contributed by atoms with Crippen LogP contribution in [0.3, 0.4) is 0 Å². The van der Waals surface area contributed by atoms with Crippen LogP contribution in [0.15, 0.2) is 10.9 Å². The summed E-state index contributed by atoms with van der Waals surface area (Å²) in [5, 5.41) is 3.18. The second-order valence-corrected chi connectivity index (χ2v) is 4.07. The van der Waals surface area contributed by atoms with Crippen molar-refractivity contribution in [3.05, 3.63) is 22.2 Å². The van der Waals surface area contributed by atoms with Crippen molar-refractivity contribution >= 4 is 5.82 Å². The Morgan fingerprint density at radius 1 is 1.60 bits per heavy atom. The summed E-state index contributed by atoms with van der Waals surface area (Å²) in [6.45, 7) is 3.03. The van der Waals surface area contributed by atoms with Gasteiger partial charge in [0.15, 0.2) is 0 Å². The highest BCUT2D eigenvalue weighted by atomic mass is 16.1. The average Bonchev–Trinajstić information content (AvgIpc) is 3.00. The van der Waals surface area contributed by atoms with Crippen LogP contribution in [0, 0.1) is 0 Å². The molecule has 0 bridgehead atoms. The highest BCUT2D eigenvalue weighted by molar-refractivity contribution is 5.33. The summed E-state index contributed by atoms with van der Waals surface area (Å²) in [4.78, 5) is 18.5. The lowest BCUT2D eigenvalue weighted by Crippen LogP contribution is -2.13. The molecule has 1 heterocycles. The van der Waals surface area contributed by atoms with Gasteiger partial charge in [-0.25, -0.2) is 4.98 Å². The summed E-state index contributed by atoms with van der Waals surface area (Å²) in [5.74, 6) is 2.06. The molecule has 2 rings (SSSR count). The number of nitrogens with zero attached hydrogens (tertiary/aromatic N) is 1. The lowest BCUT2D eigenvalue weighted by Gasteiger charge is -2.05. The summed E-state index contributed by atoms with van der Waals surface area (Å²) in [6, 6.07) is 1.53. The first-order valence-electron chi connectivity index (χ1n) is 5.64. The summed E-state index contributed by atoms with van der Waals surface area (Å²) >= 11 is 0. The van der Waals surface area contributed by atoms with Crippen LogP contribution in [0.2, 0.25) is 0 Å². The monoisotopic (exact) mass is 207 g/mol. The largest absolute Gasteiger partial charge is 0.370 e. The third-order valence-corrected chi connectivity index (χ3v) is 2.56. The van der Waals surface area contributed by atoms with E-state index < -0.39 is 0 Å². The van der Waals surface area contributed by atoms with Crippen molar-refractivity contribution in [2.75, 3.05) is 11.9 Å². The Morgan fingerprint density at radius 3 is 3.07 bits per heavy atom. The van der Waals surface area contributed by atoms with Gasteiger partial charge in [0.2, 0.25) is 0 Å². The van der Waals surface area contributed by atoms with Gasteiger partial charge < -0.3 is 10.3 Å². The lowest BCUT2D eigenvalue weighted by atomic mass is 10.3. The number of aromatic amines is 1. The number of H-pyrrole nitrogens is 1. The van der Waals surface area contributed by atoms with Crippen molar-refractivity contribution in [1.29, 1.82) is 0 Å². The molecular weight excluding hydrogens is 190 g/mol. The zero-order valence-corrected chi connectivity index (χ0v) is 9.05. The van der Waals surface area contributed by atoms with Crippen LogP contribution in [0.5, 0.6) is 0 Å². The van der Waals surface area contributed by atoms with Gasteiger partial charge in [-0.3, -0.25) is 4.79 Å². The Bertz CT molecular complexity index is 382. The zero-order chi connectivity index (χ0) is 10.7. The molecule has 1 aliphatic carbocycles. The average molecular weight is 207 g/mol. The summed E-state index contributed by atoms with van der Waals surface area (Å²) in [7, 11) is 0. The van der Waals surface area contributed by atoms with Gasteiger partial charge in [-0.1, -0.05) is 13.3 Å². The molecule has 2 N–H and O–H groups in total. The topological polar surface area (TPSA) is 57.8 Å². The fraction of sp³-hybridized carbons (Fsp3) is 0.636. The molecule has 0 unspecified atom stereocenters. The molecule has 0 radical (unpaired) electrons. The molecule has 1 aromatic rings. The minimum atomic E-state index is -0.0501. The summed E-state index contributed by atoms with van der Waals surface area (Å²) in [5.41, 5.74) is -0.0501. The minimum absolute atomic E-state index is 0.0501. The highest BCUT2D eigenvalue weighted by Crippen LogP contribution is 2.37. The summed E-state index contributed by atoms with van der Waals surface area (Å²) < 4.78 is 0. The van der Waals surface area contributed by atoms with Gasteiger partial charge in [-0.05, 0) is 19.3 Å². The molecule has 4 heteroatoms.